The van der Waals surface area contributed by atoms with Gasteiger partial charge in [-0.15, -0.1) is 0 Å². The molecule has 0 aromatic rings. The lowest BCUT2D eigenvalue weighted by molar-refractivity contribution is 0.106. The lowest BCUT2D eigenvalue weighted by atomic mass is 10.00. The molecule has 0 aromatic heterocycles. The van der Waals surface area contributed by atoms with E-state index in [1.165, 1.54) is 45.4 Å². The minimum Gasteiger partial charge on any atom is -0.304 e. The van der Waals surface area contributed by atoms with Crippen molar-refractivity contribution in [2.45, 2.75) is 25.3 Å². The summed E-state index contributed by atoms with van der Waals surface area (Å²) in [6.45, 7) is 5.05. The predicted molar refractivity (Wildman–Crippen MR) is 55.8 cm³/mol. The van der Waals surface area contributed by atoms with E-state index in [9.17, 15) is 0 Å². The number of nitrogens with zero attached hydrogens (tertiary/aromatic N) is 2. The van der Waals surface area contributed by atoms with Gasteiger partial charge in [0.1, 0.15) is 0 Å². The first-order chi connectivity index (χ1) is 6.36. The summed E-state index contributed by atoms with van der Waals surface area (Å²) in [6, 6.07) is 0.846. The molecule has 1 saturated heterocycles. The Labute approximate surface area is 81.2 Å². The topological polar surface area (TPSA) is 6.48 Å². The predicted octanol–water partition coefficient (Wildman–Crippen LogP) is 1.34. The number of likely N-dealkylation sites (N-methyl/N-ethyl adjacent to an activating group) is 1. The number of allylic oxidation sites excluding steroid dienone is 1. The molecular formula is C11H20N2. The van der Waals surface area contributed by atoms with Gasteiger partial charge < -0.3 is 4.90 Å². The summed E-state index contributed by atoms with van der Waals surface area (Å²) in [5.74, 6) is 0. The van der Waals surface area contributed by atoms with Gasteiger partial charge in [-0.25, -0.2) is 0 Å². The van der Waals surface area contributed by atoms with Crippen molar-refractivity contribution in [3.63, 3.8) is 0 Å². The fourth-order valence-electron chi connectivity index (χ4n) is 2.30. The van der Waals surface area contributed by atoms with Gasteiger partial charge in [0.15, 0.2) is 0 Å². The molecule has 2 aliphatic rings. The largest absolute Gasteiger partial charge is 0.304 e. The lowest BCUT2D eigenvalue weighted by Gasteiger charge is -2.38. The molecule has 2 nitrogen and oxygen atoms in total. The molecule has 0 radical (unpaired) electrons. The van der Waals surface area contributed by atoms with E-state index in [0.717, 1.165) is 6.04 Å². The van der Waals surface area contributed by atoms with E-state index >= 15 is 0 Å². The van der Waals surface area contributed by atoms with Crippen LogP contribution >= 0.6 is 0 Å². The van der Waals surface area contributed by atoms with E-state index in [1.54, 1.807) is 0 Å². The molecule has 2 rings (SSSR count). The highest BCUT2D eigenvalue weighted by atomic mass is 15.3. The van der Waals surface area contributed by atoms with Gasteiger partial charge in [-0.2, -0.15) is 0 Å². The van der Waals surface area contributed by atoms with Crippen molar-refractivity contribution in [1.82, 2.24) is 9.80 Å². The molecule has 74 valence electrons. The molecule has 0 saturated carbocycles. The molecule has 1 heterocycles. The van der Waals surface area contributed by atoms with Crippen LogP contribution < -0.4 is 0 Å². The number of rotatable bonds is 1. The van der Waals surface area contributed by atoms with Gasteiger partial charge in [-0.1, -0.05) is 12.2 Å². The molecular weight excluding hydrogens is 160 g/mol. The minimum absolute atomic E-state index is 0.846. The first-order valence-corrected chi connectivity index (χ1v) is 5.44. The van der Waals surface area contributed by atoms with E-state index in [-0.39, 0.29) is 0 Å². The van der Waals surface area contributed by atoms with E-state index in [4.69, 9.17) is 0 Å². The maximum absolute atomic E-state index is 2.67. The van der Waals surface area contributed by atoms with Crippen molar-refractivity contribution < 1.29 is 0 Å². The second-order valence-electron chi connectivity index (χ2n) is 4.28. The monoisotopic (exact) mass is 180 g/mol. The van der Waals surface area contributed by atoms with Crippen LogP contribution in [0.25, 0.3) is 0 Å². The Morgan fingerprint density at radius 1 is 1.08 bits per heavy atom. The van der Waals surface area contributed by atoms with Crippen LogP contribution in [0.3, 0.4) is 0 Å². The average molecular weight is 180 g/mol. The zero-order valence-corrected chi connectivity index (χ0v) is 8.58. The van der Waals surface area contributed by atoms with Crippen LogP contribution in [0.4, 0.5) is 0 Å². The molecule has 13 heavy (non-hydrogen) atoms. The smallest absolute Gasteiger partial charge is 0.0134 e. The molecule has 2 heteroatoms. The zero-order valence-electron chi connectivity index (χ0n) is 8.58. The third-order valence-corrected chi connectivity index (χ3v) is 3.30. The summed E-state index contributed by atoms with van der Waals surface area (Å²) in [5.41, 5.74) is 0. The van der Waals surface area contributed by atoms with Gasteiger partial charge in [-0.3, -0.25) is 4.90 Å². The molecule has 0 bridgehead atoms. The van der Waals surface area contributed by atoms with Gasteiger partial charge in [0.25, 0.3) is 0 Å². The number of piperazine rings is 1. The summed E-state index contributed by atoms with van der Waals surface area (Å²) in [5, 5.41) is 0. The molecule has 0 spiro atoms. The maximum Gasteiger partial charge on any atom is 0.0134 e. The molecule has 1 fully saturated rings. The Kier molecular flexibility index (Phi) is 3.01. The SMILES string of the molecule is CN1CCN(C2CC=CCC2)CC1. The van der Waals surface area contributed by atoms with E-state index in [1.807, 2.05) is 0 Å². The second kappa shape index (κ2) is 4.25. The van der Waals surface area contributed by atoms with Gasteiger partial charge in [0.2, 0.25) is 0 Å². The van der Waals surface area contributed by atoms with Crippen molar-refractivity contribution >= 4 is 0 Å². The fraction of sp³-hybridized carbons (Fsp3) is 0.818. The Bertz CT molecular complexity index is 181. The zero-order chi connectivity index (χ0) is 9.10. The number of hydrogen-bond donors (Lipinski definition) is 0. The van der Waals surface area contributed by atoms with Crippen LogP contribution in [0.5, 0.6) is 0 Å². The first-order valence-electron chi connectivity index (χ1n) is 5.44. The summed E-state index contributed by atoms with van der Waals surface area (Å²) < 4.78 is 0. The van der Waals surface area contributed by atoms with Gasteiger partial charge in [-0.05, 0) is 26.3 Å². The van der Waals surface area contributed by atoms with Crippen LogP contribution in [0.15, 0.2) is 12.2 Å². The fourth-order valence-corrected chi connectivity index (χ4v) is 2.30. The van der Waals surface area contributed by atoms with Crippen LogP contribution in [0.1, 0.15) is 19.3 Å². The second-order valence-corrected chi connectivity index (χ2v) is 4.28. The van der Waals surface area contributed by atoms with Gasteiger partial charge in [0.05, 0.1) is 0 Å². The Balaban J connectivity index is 1.83. The van der Waals surface area contributed by atoms with Crippen molar-refractivity contribution in [2.24, 2.45) is 0 Å². The van der Waals surface area contributed by atoms with Crippen LogP contribution in [-0.2, 0) is 0 Å². The van der Waals surface area contributed by atoms with Crippen LogP contribution in [-0.4, -0.2) is 49.1 Å². The van der Waals surface area contributed by atoms with Crippen molar-refractivity contribution in [3.05, 3.63) is 12.2 Å². The highest BCUT2D eigenvalue weighted by Gasteiger charge is 2.21. The van der Waals surface area contributed by atoms with E-state index in [2.05, 4.69) is 29.0 Å². The maximum atomic E-state index is 2.67. The molecule has 0 N–H and O–H groups in total. The first kappa shape index (κ1) is 9.22. The normalized spacial score (nSPS) is 32.2. The standard InChI is InChI=1S/C11H20N2/c1-12-7-9-13(10-8-12)11-5-3-2-4-6-11/h2-3,11H,4-10H2,1H3. The number of hydrogen-bond acceptors (Lipinski definition) is 2. The molecule has 0 amide bonds. The molecule has 1 aliphatic heterocycles. The van der Waals surface area contributed by atoms with E-state index in [0.29, 0.717) is 0 Å². The lowest BCUT2D eigenvalue weighted by Crippen LogP contribution is -2.49. The summed E-state index contributed by atoms with van der Waals surface area (Å²) >= 11 is 0. The highest BCUT2D eigenvalue weighted by Crippen LogP contribution is 2.18. The summed E-state index contributed by atoms with van der Waals surface area (Å²) in [6.07, 6.45) is 8.62. The van der Waals surface area contributed by atoms with Crippen molar-refractivity contribution in [3.8, 4) is 0 Å². The van der Waals surface area contributed by atoms with Gasteiger partial charge in [0, 0.05) is 32.2 Å². The van der Waals surface area contributed by atoms with Crippen LogP contribution in [0.2, 0.25) is 0 Å². The third-order valence-electron chi connectivity index (χ3n) is 3.30. The van der Waals surface area contributed by atoms with Crippen molar-refractivity contribution in [1.29, 1.82) is 0 Å². The molecule has 0 aromatic carbocycles. The highest BCUT2D eigenvalue weighted by molar-refractivity contribution is 4.94. The summed E-state index contributed by atoms with van der Waals surface area (Å²) in [7, 11) is 2.22. The van der Waals surface area contributed by atoms with Crippen molar-refractivity contribution in [2.75, 3.05) is 33.2 Å². The Morgan fingerprint density at radius 3 is 2.46 bits per heavy atom. The summed E-state index contributed by atoms with van der Waals surface area (Å²) in [4.78, 5) is 5.10. The quantitative estimate of drug-likeness (QED) is 0.562. The molecule has 1 unspecified atom stereocenters. The van der Waals surface area contributed by atoms with E-state index < -0.39 is 0 Å². The molecule has 1 aliphatic carbocycles. The minimum atomic E-state index is 0.846. The Morgan fingerprint density at radius 2 is 1.85 bits per heavy atom. The molecule has 1 atom stereocenters. The average Bonchev–Trinajstić information content (AvgIpc) is 2.20. The van der Waals surface area contributed by atoms with Gasteiger partial charge >= 0.3 is 0 Å². The third kappa shape index (κ3) is 2.32. The Hall–Kier alpha value is -0.340. The van der Waals surface area contributed by atoms with Crippen LogP contribution in [0, 0.1) is 0 Å².